The van der Waals surface area contributed by atoms with E-state index in [0.29, 0.717) is 0 Å². The van der Waals surface area contributed by atoms with Crippen LogP contribution in [0.3, 0.4) is 0 Å². The van der Waals surface area contributed by atoms with Crippen LogP contribution in [0, 0.1) is 0 Å². The van der Waals surface area contributed by atoms with Crippen molar-refractivity contribution in [3.63, 3.8) is 0 Å². The van der Waals surface area contributed by atoms with Crippen molar-refractivity contribution in [2.75, 3.05) is 11.5 Å². The van der Waals surface area contributed by atoms with Crippen LogP contribution < -0.4 is 10.2 Å². The molecule has 2 fully saturated rings. The number of unbranched alkanes of at least 4 members (excludes halogenated alkanes) is 2. The van der Waals surface area contributed by atoms with E-state index >= 15 is 0 Å². The van der Waals surface area contributed by atoms with Crippen molar-refractivity contribution in [3.05, 3.63) is 0 Å². The van der Waals surface area contributed by atoms with Gasteiger partial charge in [-0.2, -0.15) is 0 Å². The molecule has 0 bridgehead atoms. The van der Waals surface area contributed by atoms with E-state index in [1.54, 1.807) is 0 Å². The van der Waals surface area contributed by atoms with Gasteiger partial charge in [0, 0.05) is 33.9 Å². The first-order chi connectivity index (χ1) is 11.6. The third kappa shape index (κ3) is 15.7. The van der Waals surface area contributed by atoms with Crippen LogP contribution in [0.25, 0.3) is 0 Å². The van der Waals surface area contributed by atoms with Gasteiger partial charge in [-0.05, 0) is 51.4 Å². The maximum absolute atomic E-state index is 10.1. The summed E-state index contributed by atoms with van der Waals surface area (Å²) < 4.78 is 0. The molecule has 2 heterocycles. The van der Waals surface area contributed by atoms with Gasteiger partial charge in [0.1, 0.15) is 0 Å². The van der Waals surface area contributed by atoms with E-state index in [1.165, 1.54) is 37.2 Å². The molecule has 2 saturated heterocycles. The summed E-state index contributed by atoms with van der Waals surface area (Å²) in [4.78, 5) is 20.1. The average Bonchev–Trinajstić information content (AvgIpc) is 3.22. The first kappa shape index (κ1) is 26.0. The molecule has 9 heteroatoms. The number of aliphatic carboxylic acids is 2. The molecule has 2 rings (SSSR count). The molecule has 0 unspecified atom stereocenters. The molecule has 0 saturated carbocycles. The Kier molecular flexibility index (Phi) is 17.7. The molecule has 0 amide bonds. The van der Waals surface area contributed by atoms with Crippen molar-refractivity contribution in [1.29, 1.82) is 0 Å². The van der Waals surface area contributed by atoms with E-state index in [1.807, 2.05) is 43.2 Å². The number of carboxylic acids is 2. The van der Waals surface area contributed by atoms with E-state index < -0.39 is 11.9 Å². The number of rotatable bonds is 10. The molecule has 0 aliphatic carbocycles. The fraction of sp³-hybridized carbons (Fsp3) is 0.875. The Balaban J connectivity index is 0.000000443. The first-order valence-corrected chi connectivity index (χ1v) is 13.3. The number of carbonyl (C=O) groups excluding carboxylic acids is 2. The van der Waals surface area contributed by atoms with E-state index in [9.17, 15) is 19.8 Å². The van der Waals surface area contributed by atoms with Crippen LogP contribution >= 0.6 is 43.2 Å². The quantitative estimate of drug-likeness (QED) is 0.271. The molecule has 0 aromatic heterocycles. The summed E-state index contributed by atoms with van der Waals surface area (Å²) >= 11 is 0. The standard InChI is InChI=1S/2C8H14O2S2.Zn/c2*9-8(10)4-2-1-3-7-5-6-11-12-7;/h2*7H,1-6H2,(H,9,10);/q;;+2/p-2/t2*7-;/m11./s1. The van der Waals surface area contributed by atoms with E-state index in [0.717, 1.165) is 36.2 Å². The van der Waals surface area contributed by atoms with Crippen LogP contribution in [0.4, 0.5) is 0 Å². The molecule has 0 N–H and O–H groups in total. The zero-order valence-corrected chi connectivity index (χ0v) is 20.8. The summed E-state index contributed by atoms with van der Waals surface area (Å²) in [5.74, 6) is 0.693. The molecular weight excluding hydrogens is 450 g/mol. The molecule has 25 heavy (non-hydrogen) atoms. The second-order valence-corrected chi connectivity index (χ2v) is 11.5. The van der Waals surface area contributed by atoms with Crippen LogP contribution in [-0.2, 0) is 29.1 Å². The Morgan fingerprint density at radius 3 is 1.44 bits per heavy atom. The monoisotopic (exact) mass is 474 g/mol. The van der Waals surface area contributed by atoms with Gasteiger partial charge in [-0.3, -0.25) is 0 Å². The van der Waals surface area contributed by atoms with E-state index in [4.69, 9.17) is 0 Å². The van der Waals surface area contributed by atoms with Crippen molar-refractivity contribution < 1.29 is 39.3 Å². The smallest absolute Gasteiger partial charge is 0.550 e. The second kappa shape index (κ2) is 17.1. The van der Waals surface area contributed by atoms with Crippen molar-refractivity contribution in [2.45, 2.75) is 74.7 Å². The zero-order chi connectivity index (χ0) is 17.6. The minimum absolute atomic E-state index is 0. The van der Waals surface area contributed by atoms with Crippen LogP contribution in [0.5, 0.6) is 0 Å². The largest absolute Gasteiger partial charge is 2.00 e. The van der Waals surface area contributed by atoms with E-state index in [-0.39, 0.29) is 32.3 Å². The van der Waals surface area contributed by atoms with Gasteiger partial charge in [-0.1, -0.05) is 56.0 Å². The fourth-order valence-electron chi connectivity index (χ4n) is 2.41. The van der Waals surface area contributed by atoms with Crippen molar-refractivity contribution in [1.82, 2.24) is 0 Å². The van der Waals surface area contributed by atoms with Crippen LogP contribution in [0.15, 0.2) is 0 Å². The normalized spacial score (nSPS) is 21.9. The molecular formula is C16H26O4S4Zn. The number of carboxylic acid groups (broad SMARTS) is 2. The van der Waals surface area contributed by atoms with Gasteiger partial charge >= 0.3 is 19.5 Å². The molecule has 0 radical (unpaired) electrons. The zero-order valence-electron chi connectivity index (χ0n) is 14.6. The summed E-state index contributed by atoms with van der Waals surface area (Å²) in [6, 6.07) is 0. The van der Waals surface area contributed by atoms with Gasteiger partial charge < -0.3 is 19.8 Å². The molecule has 2 aliphatic rings. The molecule has 140 valence electrons. The predicted molar refractivity (Wildman–Crippen MR) is 104 cm³/mol. The molecule has 2 atom stereocenters. The van der Waals surface area contributed by atoms with Crippen LogP contribution in [-0.4, -0.2) is 33.9 Å². The number of carbonyl (C=O) groups is 2. The Morgan fingerprint density at radius 1 is 0.760 bits per heavy atom. The van der Waals surface area contributed by atoms with Gasteiger partial charge in [0.15, 0.2) is 0 Å². The van der Waals surface area contributed by atoms with E-state index in [2.05, 4.69) is 0 Å². The first-order valence-electron chi connectivity index (χ1n) is 8.54. The Hall–Kier alpha value is 0.963. The Labute approximate surface area is 179 Å². The third-order valence-corrected chi connectivity index (χ3v) is 9.78. The van der Waals surface area contributed by atoms with Gasteiger partial charge in [-0.25, -0.2) is 0 Å². The van der Waals surface area contributed by atoms with Gasteiger partial charge in [-0.15, -0.1) is 0 Å². The maximum atomic E-state index is 10.1. The SMILES string of the molecule is O=C([O-])CCCC[C@@H]1CCSS1.O=C([O-])CCCC[C@@H]1CCSS1.[Zn+2]. The van der Waals surface area contributed by atoms with Gasteiger partial charge in [0.05, 0.1) is 0 Å². The minimum Gasteiger partial charge on any atom is -0.550 e. The third-order valence-electron chi connectivity index (χ3n) is 3.77. The van der Waals surface area contributed by atoms with Gasteiger partial charge in [0.25, 0.3) is 0 Å². The number of hydrogen-bond donors (Lipinski definition) is 0. The Bertz CT molecular complexity index is 328. The summed E-state index contributed by atoms with van der Waals surface area (Å²) in [7, 11) is 7.78. The minimum atomic E-state index is -0.913. The molecule has 0 spiro atoms. The molecule has 2 aliphatic heterocycles. The molecule has 0 aromatic rings. The van der Waals surface area contributed by atoms with Gasteiger partial charge in [0.2, 0.25) is 0 Å². The molecule has 0 aromatic carbocycles. The Morgan fingerprint density at radius 2 is 1.16 bits per heavy atom. The van der Waals surface area contributed by atoms with Crippen LogP contribution in [0.1, 0.15) is 64.2 Å². The second-order valence-electron chi connectivity index (χ2n) is 5.89. The maximum Gasteiger partial charge on any atom is 2.00 e. The number of hydrogen-bond acceptors (Lipinski definition) is 8. The van der Waals surface area contributed by atoms with Crippen molar-refractivity contribution in [3.8, 4) is 0 Å². The summed E-state index contributed by atoms with van der Waals surface area (Å²) in [6.07, 6.45) is 9.01. The van der Waals surface area contributed by atoms with Crippen molar-refractivity contribution in [2.24, 2.45) is 0 Å². The average molecular weight is 476 g/mol. The molecule has 4 nitrogen and oxygen atoms in total. The topological polar surface area (TPSA) is 80.3 Å². The summed E-state index contributed by atoms with van der Waals surface area (Å²) in [5.41, 5.74) is 0. The summed E-state index contributed by atoms with van der Waals surface area (Å²) in [5, 5.41) is 21.7. The predicted octanol–water partition coefficient (Wildman–Crippen LogP) is 2.90. The fourth-order valence-corrected chi connectivity index (χ4v) is 8.47. The van der Waals surface area contributed by atoms with Crippen molar-refractivity contribution >= 4 is 55.1 Å². The summed E-state index contributed by atoms with van der Waals surface area (Å²) in [6.45, 7) is 0. The van der Waals surface area contributed by atoms with Crippen LogP contribution in [0.2, 0.25) is 0 Å².